The molecule has 0 atom stereocenters. The van der Waals surface area contributed by atoms with Crippen LogP contribution in [0.15, 0.2) is 12.1 Å². The number of anilines is 1. The van der Waals surface area contributed by atoms with E-state index >= 15 is 0 Å². The van der Waals surface area contributed by atoms with Crippen LogP contribution in [0.25, 0.3) is 15.2 Å². The Hall–Kier alpha value is -2.02. The molecule has 0 aliphatic carbocycles. The first-order valence-electron chi connectivity index (χ1n) is 6.08. The van der Waals surface area contributed by atoms with Gasteiger partial charge in [-0.2, -0.15) is 0 Å². The van der Waals surface area contributed by atoms with E-state index in [-0.39, 0.29) is 0 Å². The maximum absolute atomic E-state index is 5.88. The molecule has 0 spiro atoms. The number of ether oxygens (including phenoxy) is 2. The van der Waals surface area contributed by atoms with Crippen molar-refractivity contribution >= 4 is 32.5 Å². The number of aromatic nitrogens is 3. The van der Waals surface area contributed by atoms with Crippen molar-refractivity contribution in [3.05, 3.63) is 12.1 Å². The number of thiazole rings is 1. The molecule has 100 valence electrons. The third-order valence-electron chi connectivity index (χ3n) is 2.73. The molecule has 1 aromatic carbocycles. The quantitative estimate of drug-likeness (QED) is 0.792. The molecular formula is C12H14N4O2S. The van der Waals surface area contributed by atoms with Gasteiger partial charge in [0, 0.05) is 0 Å². The number of nitrogen functional groups attached to an aromatic ring is 1. The van der Waals surface area contributed by atoms with Gasteiger partial charge in [0.1, 0.15) is 21.7 Å². The Balaban J connectivity index is 2.37. The van der Waals surface area contributed by atoms with E-state index in [0.717, 1.165) is 26.7 Å². The second-order valence-corrected chi connectivity index (χ2v) is 4.86. The third-order valence-corrected chi connectivity index (χ3v) is 3.78. The van der Waals surface area contributed by atoms with E-state index in [1.807, 2.05) is 26.0 Å². The molecule has 0 amide bonds. The fourth-order valence-electron chi connectivity index (χ4n) is 2.04. The highest BCUT2D eigenvalue weighted by molar-refractivity contribution is 7.24. The maximum atomic E-state index is 5.88. The maximum Gasteiger partial charge on any atom is 0.227 e. The van der Waals surface area contributed by atoms with Gasteiger partial charge in [0.2, 0.25) is 10.9 Å². The van der Waals surface area contributed by atoms with Crippen LogP contribution in [-0.4, -0.2) is 27.8 Å². The lowest BCUT2D eigenvalue weighted by atomic mass is 10.3. The Morgan fingerprint density at radius 2 is 1.84 bits per heavy atom. The van der Waals surface area contributed by atoms with Gasteiger partial charge in [-0.05, 0) is 26.0 Å². The van der Waals surface area contributed by atoms with Gasteiger partial charge in [0.05, 0.1) is 13.2 Å². The summed E-state index contributed by atoms with van der Waals surface area (Å²) in [5.41, 5.74) is 6.75. The number of nitrogens with two attached hydrogens (primary N) is 1. The zero-order valence-corrected chi connectivity index (χ0v) is 11.5. The standard InChI is InChI=1S/C12H14N4O2S/c1-3-17-7-5-6-8(18-4-2)10-9(7)16-11(13)14-15-12(16)19-10/h5-6H,3-4H2,1-2H3,(H2,13,14). The number of hydrogen-bond acceptors (Lipinski definition) is 6. The lowest BCUT2D eigenvalue weighted by molar-refractivity contribution is 0.336. The van der Waals surface area contributed by atoms with Crippen molar-refractivity contribution in [2.75, 3.05) is 18.9 Å². The minimum atomic E-state index is 0.357. The highest BCUT2D eigenvalue weighted by Crippen LogP contribution is 2.39. The molecule has 0 saturated carbocycles. The van der Waals surface area contributed by atoms with Gasteiger partial charge in [0.25, 0.3) is 0 Å². The molecular weight excluding hydrogens is 264 g/mol. The fourth-order valence-corrected chi connectivity index (χ4v) is 3.09. The Bertz CT molecular complexity index is 734. The molecule has 19 heavy (non-hydrogen) atoms. The van der Waals surface area contributed by atoms with Crippen molar-refractivity contribution in [3.63, 3.8) is 0 Å². The topological polar surface area (TPSA) is 74.7 Å². The van der Waals surface area contributed by atoms with E-state index in [1.54, 1.807) is 4.40 Å². The van der Waals surface area contributed by atoms with Crippen molar-refractivity contribution in [2.45, 2.75) is 13.8 Å². The van der Waals surface area contributed by atoms with E-state index in [9.17, 15) is 0 Å². The van der Waals surface area contributed by atoms with Gasteiger partial charge < -0.3 is 15.2 Å². The van der Waals surface area contributed by atoms with E-state index in [4.69, 9.17) is 15.2 Å². The summed E-state index contributed by atoms with van der Waals surface area (Å²) in [6.07, 6.45) is 0. The molecule has 0 radical (unpaired) electrons. The average molecular weight is 278 g/mol. The first kappa shape index (κ1) is 12.0. The van der Waals surface area contributed by atoms with E-state index in [2.05, 4.69) is 10.2 Å². The Kier molecular flexibility index (Phi) is 2.90. The third kappa shape index (κ3) is 1.77. The second-order valence-electron chi connectivity index (χ2n) is 3.88. The summed E-state index contributed by atoms with van der Waals surface area (Å²) in [5, 5.41) is 7.94. The molecule has 0 aliphatic heterocycles. The van der Waals surface area contributed by atoms with Crippen molar-refractivity contribution in [1.29, 1.82) is 0 Å². The highest BCUT2D eigenvalue weighted by Gasteiger charge is 2.18. The molecule has 6 nitrogen and oxygen atoms in total. The summed E-state index contributed by atoms with van der Waals surface area (Å²) in [5.74, 6) is 1.94. The summed E-state index contributed by atoms with van der Waals surface area (Å²) >= 11 is 1.49. The molecule has 3 aromatic rings. The van der Waals surface area contributed by atoms with Crippen molar-refractivity contribution in [3.8, 4) is 11.5 Å². The molecule has 2 aromatic heterocycles. The molecule has 0 fully saturated rings. The average Bonchev–Trinajstić information content (AvgIpc) is 2.94. The Labute approximate surface area is 113 Å². The van der Waals surface area contributed by atoms with E-state index in [1.165, 1.54) is 11.3 Å². The second kappa shape index (κ2) is 4.58. The summed E-state index contributed by atoms with van der Waals surface area (Å²) in [6.45, 7) is 5.10. The first-order chi connectivity index (χ1) is 9.26. The molecule has 7 heteroatoms. The Morgan fingerprint density at radius 3 is 2.58 bits per heavy atom. The zero-order chi connectivity index (χ0) is 13.4. The van der Waals surface area contributed by atoms with Gasteiger partial charge in [-0.1, -0.05) is 11.3 Å². The van der Waals surface area contributed by atoms with Crippen LogP contribution >= 0.6 is 11.3 Å². The van der Waals surface area contributed by atoms with Crippen LogP contribution in [0.5, 0.6) is 11.5 Å². The van der Waals surface area contributed by atoms with Crippen molar-refractivity contribution < 1.29 is 9.47 Å². The van der Waals surface area contributed by atoms with Gasteiger partial charge in [-0.3, -0.25) is 0 Å². The van der Waals surface area contributed by atoms with Gasteiger partial charge in [-0.15, -0.1) is 10.2 Å². The SMILES string of the molecule is CCOc1ccc(OCC)c2c1sc1nnc(N)n12. The summed E-state index contributed by atoms with van der Waals surface area (Å²) < 4.78 is 14.1. The Morgan fingerprint density at radius 1 is 1.16 bits per heavy atom. The minimum absolute atomic E-state index is 0.357. The van der Waals surface area contributed by atoms with Gasteiger partial charge in [-0.25, -0.2) is 4.40 Å². The van der Waals surface area contributed by atoms with Crippen LogP contribution in [0.4, 0.5) is 5.95 Å². The lowest BCUT2D eigenvalue weighted by Gasteiger charge is -2.09. The molecule has 3 rings (SSSR count). The number of nitrogens with zero attached hydrogens (tertiary/aromatic N) is 3. The van der Waals surface area contributed by atoms with Crippen molar-refractivity contribution in [2.24, 2.45) is 0 Å². The smallest absolute Gasteiger partial charge is 0.227 e. The minimum Gasteiger partial charge on any atom is -0.492 e. The highest BCUT2D eigenvalue weighted by atomic mass is 32.1. The van der Waals surface area contributed by atoms with Gasteiger partial charge >= 0.3 is 0 Å². The predicted octanol–water partition coefficient (Wildman–Crippen LogP) is 2.32. The van der Waals surface area contributed by atoms with Crippen LogP contribution in [-0.2, 0) is 0 Å². The lowest BCUT2D eigenvalue weighted by Crippen LogP contribution is -1.98. The number of benzene rings is 1. The normalized spacial score (nSPS) is 11.3. The van der Waals surface area contributed by atoms with E-state index in [0.29, 0.717) is 19.2 Å². The van der Waals surface area contributed by atoms with Crippen LogP contribution < -0.4 is 15.2 Å². The van der Waals surface area contributed by atoms with Crippen LogP contribution in [0.3, 0.4) is 0 Å². The van der Waals surface area contributed by atoms with Gasteiger partial charge in [0.15, 0.2) is 0 Å². The van der Waals surface area contributed by atoms with Crippen LogP contribution in [0.1, 0.15) is 13.8 Å². The van der Waals surface area contributed by atoms with Crippen molar-refractivity contribution in [1.82, 2.24) is 14.6 Å². The van der Waals surface area contributed by atoms with Crippen LogP contribution in [0, 0.1) is 0 Å². The first-order valence-corrected chi connectivity index (χ1v) is 6.89. The zero-order valence-electron chi connectivity index (χ0n) is 10.7. The molecule has 2 heterocycles. The number of hydrogen-bond donors (Lipinski definition) is 1. The molecule has 0 bridgehead atoms. The van der Waals surface area contributed by atoms with Crippen LogP contribution in [0.2, 0.25) is 0 Å². The fraction of sp³-hybridized carbons (Fsp3) is 0.333. The summed E-state index contributed by atoms with van der Waals surface area (Å²) in [4.78, 5) is 0.737. The van der Waals surface area contributed by atoms with E-state index < -0.39 is 0 Å². The monoisotopic (exact) mass is 278 g/mol. The number of fused-ring (bicyclic) bond motifs is 3. The molecule has 2 N–H and O–H groups in total. The molecule has 0 aliphatic rings. The molecule has 0 saturated heterocycles. The summed E-state index contributed by atoms with van der Waals surface area (Å²) in [7, 11) is 0. The largest absolute Gasteiger partial charge is 0.492 e. The molecule has 0 unspecified atom stereocenters. The summed E-state index contributed by atoms with van der Waals surface area (Å²) in [6, 6.07) is 3.80. The predicted molar refractivity (Wildman–Crippen MR) is 75.1 cm³/mol. The number of rotatable bonds is 4.